The molecular formula is C23H23NO2. The molecule has 0 saturated heterocycles. The first-order chi connectivity index (χ1) is 12.5. The summed E-state index contributed by atoms with van der Waals surface area (Å²) in [6.07, 6.45) is 0. The van der Waals surface area contributed by atoms with Crippen molar-refractivity contribution in [1.82, 2.24) is 5.32 Å². The van der Waals surface area contributed by atoms with Gasteiger partial charge in [-0.25, -0.2) is 0 Å². The molecule has 0 atom stereocenters. The Hall–Kier alpha value is -2.91. The molecule has 0 amide bonds. The maximum atomic E-state index is 11.9. The van der Waals surface area contributed by atoms with Crippen molar-refractivity contribution in [1.29, 1.82) is 0 Å². The van der Waals surface area contributed by atoms with Gasteiger partial charge in [0.15, 0.2) is 0 Å². The van der Waals surface area contributed by atoms with Crippen molar-refractivity contribution < 1.29 is 9.90 Å². The predicted octanol–water partition coefficient (Wildman–Crippen LogP) is 4.43. The molecule has 3 rings (SSSR count). The van der Waals surface area contributed by atoms with Gasteiger partial charge in [0.1, 0.15) is 5.54 Å². The van der Waals surface area contributed by atoms with E-state index in [1.165, 1.54) is 0 Å². The van der Waals surface area contributed by atoms with Crippen molar-refractivity contribution >= 4 is 5.97 Å². The zero-order valence-corrected chi connectivity index (χ0v) is 15.0. The van der Waals surface area contributed by atoms with Crippen LogP contribution >= 0.6 is 0 Å². The smallest absolute Gasteiger partial charge is 0.323 e. The van der Waals surface area contributed by atoms with Crippen LogP contribution in [0.2, 0.25) is 0 Å². The molecule has 3 heteroatoms. The van der Waals surface area contributed by atoms with E-state index in [1.807, 2.05) is 91.0 Å². The maximum absolute atomic E-state index is 11.9. The fourth-order valence-corrected chi connectivity index (χ4v) is 3.30. The molecule has 3 aromatic rings. The Morgan fingerprint density at radius 2 is 1.00 bits per heavy atom. The normalized spacial score (nSPS) is 11.9. The highest BCUT2D eigenvalue weighted by molar-refractivity contribution is 5.78. The summed E-state index contributed by atoms with van der Waals surface area (Å²) in [5, 5.41) is 13.2. The Morgan fingerprint density at radius 1 is 0.692 bits per heavy atom. The number of carboxylic acid groups (broad SMARTS) is 1. The molecule has 0 spiro atoms. The van der Waals surface area contributed by atoms with Crippen LogP contribution in [0.1, 0.15) is 30.5 Å². The molecule has 0 aromatic heterocycles. The second-order valence-electron chi connectivity index (χ2n) is 6.90. The van der Waals surface area contributed by atoms with E-state index < -0.39 is 17.0 Å². The Bertz CT molecular complexity index is 762. The van der Waals surface area contributed by atoms with Crippen LogP contribution in [0.25, 0.3) is 0 Å². The second-order valence-corrected chi connectivity index (χ2v) is 6.90. The third-order valence-electron chi connectivity index (χ3n) is 4.66. The number of benzene rings is 3. The largest absolute Gasteiger partial charge is 0.480 e. The fourth-order valence-electron chi connectivity index (χ4n) is 3.30. The van der Waals surface area contributed by atoms with Gasteiger partial charge < -0.3 is 5.11 Å². The summed E-state index contributed by atoms with van der Waals surface area (Å²) in [6, 6.07) is 30.0. The zero-order valence-electron chi connectivity index (χ0n) is 15.0. The molecule has 0 bridgehead atoms. The first-order valence-electron chi connectivity index (χ1n) is 8.66. The van der Waals surface area contributed by atoms with Gasteiger partial charge >= 0.3 is 5.97 Å². The van der Waals surface area contributed by atoms with Crippen molar-refractivity contribution in [3.63, 3.8) is 0 Å². The van der Waals surface area contributed by atoms with Crippen molar-refractivity contribution in [3.05, 3.63) is 108 Å². The average molecular weight is 345 g/mol. The van der Waals surface area contributed by atoms with E-state index in [2.05, 4.69) is 5.32 Å². The molecule has 0 radical (unpaired) electrons. The fraction of sp³-hybridized carbons (Fsp3) is 0.174. The van der Waals surface area contributed by atoms with Crippen LogP contribution in [0.4, 0.5) is 0 Å². The summed E-state index contributed by atoms with van der Waals surface area (Å²) >= 11 is 0. The standard InChI is InChI=1S/C23H23NO2/c1-22(2,21(25)26)24-23(18-12-6-3-7-13-18,19-14-8-4-9-15-19)20-16-10-5-11-17-20/h3-17,24H,1-2H3,(H,25,26). The summed E-state index contributed by atoms with van der Waals surface area (Å²) in [6.45, 7) is 3.39. The van der Waals surface area contributed by atoms with Crippen LogP contribution in [-0.4, -0.2) is 16.6 Å². The van der Waals surface area contributed by atoms with E-state index in [0.29, 0.717) is 0 Å². The van der Waals surface area contributed by atoms with Crippen molar-refractivity contribution in [2.45, 2.75) is 24.9 Å². The summed E-state index contributed by atoms with van der Waals surface area (Å²) in [5.41, 5.74) is 1.05. The number of carbonyl (C=O) groups is 1. The van der Waals surface area contributed by atoms with Crippen molar-refractivity contribution in [3.8, 4) is 0 Å². The Labute approximate surface area is 154 Å². The SMILES string of the molecule is CC(C)(NC(c1ccccc1)(c1ccccc1)c1ccccc1)C(=O)O. The molecule has 0 heterocycles. The van der Waals surface area contributed by atoms with Gasteiger partial charge in [0.25, 0.3) is 0 Å². The Kier molecular flexibility index (Phi) is 4.92. The zero-order chi connectivity index (χ0) is 18.6. The highest BCUT2D eigenvalue weighted by Gasteiger charge is 2.43. The molecule has 132 valence electrons. The predicted molar refractivity (Wildman–Crippen MR) is 104 cm³/mol. The molecule has 3 nitrogen and oxygen atoms in total. The van der Waals surface area contributed by atoms with Gasteiger partial charge in [-0.3, -0.25) is 10.1 Å². The lowest BCUT2D eigenvalue weighted by molar-refractivity contribution is -0.144. The van der Waals surface area contributed by atoms with Gasteiger partial charge in [0.2, 0.25) is 0 Å². The Balaban J connectivity index is 2.34. The molecule has 2 N–H and O–H groups in total. The second kappa shape index (κ2) is 7.14. The van der Waals surface area contributed by atoms with Gasteiger partial charge in [-0.1, -0.05) is 91.0 Å². The van der Waals surface area contributed by atoms with Gasteiger partial charge in [0, 0.05) is 0 Å². The highest BCUT2D eigenvalue weighted by Crippen LogP contribution is 2.38. The average Bonchev–Trinajstić information content (AvgIpc) is 2.68. The molecule has 26 heavy (non-hydrogen) atoms. The third kappa shape index (κ3) is 3.26. The van der Waals surface area contributed by atoms with E-state index in [0.717, 1.165) is 16.7 Å². The maximum Gasteiger partial charge on any atom is 0.323 e. The highest BCUT2D eigenvalue weighted by atomic mass is 16.4. The quantitative estimate of drug-likeness (QED) is 0.650. The summed E-state index contributed by atoms with van der Waals surface area (Å²) in [4.78, 5) is 11.9. The third-order valence-corrected chi connectivity index (χ3v) is 4.66. The number of rotatable bonds is 6. The molecule has 3 aromatic carbocycles. The number of hydrogen-bond donors (Lipinski definition) is 2. The van der Waals surface area contributed by atoms with E-state index in [9.17, 15) is 9.90 Å². The topological polar surface area (TPSA) is 49.3 Å². The minimum absolute atomic E-state index is 0.786. The molecule has 0 saturated carbocycles. The molecule has 0 aliphatic carbocycles. The number of nitrogens with one attached hydrogen (secondary N) is 1. The first-order valence-corrected chi connectivity index (χ1v) is 8.66. The number of carboxylic acids is 1. The van der Waals surface area contributed by atoms with E-state index >= 15 is 0 Å². The monoisotopic (exact) mass is 345 g/mol. The van der Waals surface area contributed by atoms with Crippen LogP contribution in [0.5, 0.6) is 0 Å². The van der Waals surface area contributed by atoms with Gasteiger partial charge in [0.05, 0.1) is 5.54 Å². The lowest BCUT2D eigenvalue weighted by Crippen LogP contribution is -2.58. The van der Waals surface area contributed by atoms with E-state index in [1.54, 1.807) is 13.8 Å². The van der Waals surface area contributed by atoms with Crippen LogP contribution in [0.15, 0.2) is 91.0 Å². The molecular weight excluding hydrogens is 322 g/mol. The molecule has 0 unspecified atom stereocenters. The summed E-state index contributed by atoms with van der Waals surface area (Å²) in [5.74, 6) is -0.898. The van der Waals surface area contributed by atoms with Crippen LogP contribution in [0, 0.1) is 0 Å². The van der Waals surface area contributed by atoms with Gasteiger partial charge in [-0.15, -0.1) is 0 Å². The van der Waals surface area contributed by atoms with Crippen molar-refractivity contribution in [2.24, 2.45) is 0 Å². The van der Waals surface area contributed by atoms with Crippen LogP contribution in [0.3, 0.4) is 0 Å². The lowest BCUT2D eigenvalue weighted by Gasteiger charge is -2.42. The summed E-state index contributed by atoms with van der Waals surface area (Å²) < 4.78 is 0. The molecule has 0 fully saturated rings. The molecule has 0 aliphatic heterocycles. The van der Waals surface area contributed by atoms with Crippen molar-refractivity contribution in [2.75, 3.05) is 0 Å². The van der Waals surface area contributed by atoms with Gasteiger partial charge in [-0.2, -0.15) is 0 Å². The number of aliphatic carboxylic acids is 1. The van der Waals surface area contributed by atoms with Gasteiger partial charge in [-0.05, 0) is 30.5 Å². The van der Waals surface area contributed by atoms with E-state index in [-0.39, 0.29) is 0 Å². The van der Waals surface area contributed by atoms with Crippen LogP contribution in [-0.2, 0) is 10.3 Å². The number of hydrogen-bond acceptors (Lipinski definition) is 2. The minimum atomic E-state index is -1.14. The first kappa shape index (κ1) is 17.9. The van der Waals surface area contributed by atoms with E-state index in [4.69, 9.17) is 0 Å². The minimum Gasteiger partial charge on any atom is -0.480 e. The summed E-state index contributed by atoms with van der Waals surface area (Å²) in [7, 11) is 0. The lowest BCUT2D eigenvalue weighted by atomic mass is 9.75. The Morgan fingerprint density at radius 3 is 1.27 bits per heavy atom. The van der Waals surface area contributed by atoms with Crippen LogP contribution < -0.4 is 5.32 Å². The molecule has 0 aliphatic rings.